The first-order valence-electron chi connectivity index (χ1n) is 28.8. The van der Waals surface area contributed by atoms with Crippen LogP contribution in [0.1, 0.15) is 61.0 Å². The van der Waals surface area contributed by atoms with Crippen LogP contribution < -0.4 is 0 Å². The number of alkyl halides is 12. The molecule has 4 aromatic heterocycles. The maximum atomic E-state index is 13.3. The predicted octanol–water partition coefficient (Wildman–Crippen LogP) is 18.6. The van der Waals surface area contributed by atoms with Gasteiger partial charge >= 0.3 is 24.7 Å². The summed E-state index contributed by atoms with van der Waals surface area (Å²) in [6.07, 6.45) is -18.6. The second kappa shape index (κ2) is 19.0. The van der Waals surface area contributed by atoms with E-state index >= 15 is 0 Å². The van der Waals surface area contributed by atoms with E-state index in [-0.39, 0.29) is 73.9 Å². The van der Waals surface area contributed by atoms with Crippen LogP contribution in [0.15, 0.2) is 145 Å². The van der Waals surface area contributed by atoms with Crippen LogP contribution in [0.4, 0.5) is 52.7 Å². The average molecular weight is 1070 g/mol. The van der Waals surface area contributed by atoms with Crippen LogP contribution in [0.25, 0.3) is 87.2 Å². The average Bonchev–Trinajstić information content (AvgIpc) is 1.56. The standard InChI is InChI=1S/4C15H12F3N/c4*1-9-3-5-13-11(7-9)12-8-10(15(16,17)18)4-6-14(12)19(13)2/h4*3-8H,1-2H3/i3D,4D,5D,6D,7D,8D;3D,4D,7D,8D;3D,4D;. The summed E-state index contributed by atoms with van der Waals surface area (Å²) in [7, 11) is 6.57. The largest absolute Gasteiger partial charge is 0.416 e. The number of halogens is 12. The van der Waals surface area contributed by atoms with Gasteiger partial charge in [-0.1, -0.05) is 46.4 Å². The number of rotatable bonds is 0. The highest BCUT2D eigenvalue weighted by Gasteiger charge is 2.34. The van der Waals surface area contributed by atoms with E-state index in [4.69, 9.17) is 16.4 Å². The van der Waals surface area contributed by atoms with E-state index in [0.29, 0.717) is 49.9 Å². The molecule has 0 spiro atoms. The quantitative estimate of drug-likeness (QED) is 0.135. The second-order valence-corrected chi connectivity index (χ2v) is 18.1. The molecule has 16 heteroatoms. The monoisotopic (exact) mass is 1060 g/mol. The maximum Gasteiger partial charge on any atom is 0.416 e. The van der Waals surface area contributed by atoms with Crippen molar-refractivity contribution in [2.75, 3.05) is 0 Å². The minimum Gasteiger partial charge on any atom is -0.344 e. The molecule has 0 saturated carbocycles. The third-order valence-electron chi connectivity index (χ3n) is 12.8. The van der Waals surface area contributed by atoms with Crippen molar-refractivity contribution < 1.29 is 69.1 Å². The molecule has 0 bridgehead atoms. The molecule has 0 saturated heterocycles. The lowest BCUT2D eigenvalue weighted by atomic mass is 10.1. The van der Waals surface area contributed by atoms with E-state index in [9.17, 15) is 52.7 Å². The van der Waals surface area contributed by atoms with Gasteiger partial charge < -0.3 is 18.3 Å². The molecule has 4 nitrogen and oxygen atoms in total. The SMILES string of the molecule is Cc1ccc2c(c1)c1cc(C(F)(F)F)ccc1n2C.[2H]c1c(C)c([2H])c2c3c([2H])c(C(F)(F)F)c([2H])c([2H])c3n(C)c2c1[2H].[2H]c1cc2c(c([2H])c1C)c1c([2H])c(C(F)(F)F)c([2H])cc1n2C.[2H]c1cc2c(cc1C)c1cc(C(F)(F)F)c([2H])cc1n2C. The van der Waals surface area contributed by atoms with Crippen molar-refractivity contribution in [3.05, 3.63) is 190 Å². The van der Waals surface area contributed by atoms with Crippen molar-refractivity contribution in [2.24, 2.45) is 28.2 Å². The summed E-state index contributed by atoms with van der Waals surface area (Å²) in [6, 6.07) is 12.6. The van der Waals surface area contributed by atoms with Gasteiger partial charge in [0, 0.05) is 115 Å². The number of aromatic nitrogens is 4. The molecule has 0 unspecified atom stereocenters. The van der Waals surface area contributed by atoms with Gasteiger partial charge in [0.2, 0.25) is 0 Å². The first kappa shape index (κ1) is 39.5. The van der Waals surface area contributed by atoms with Crippen LogP contribution in [0.2, 0.25) is 0 Å². The number of hydrogen-bond donors (Lipinski definition) is 0. The molecule has 4 heterocycles. The fraction of sp³-hybridized carbons (Fsp3) is 0.200. The normalized spacial score (nSPS) is 14.7. The minimum absolute atomic E-state index is 0.000995. The molecular formula is C60H48F12N4. The first-order valence-corrected chi connectivity index (χ1v) is 22.8. The van der Waals surface area contributed by atoms with Crippen LogP contribution in [0.3, 0.4) is 0 Å². The highest BCUT2D eigenvalue weighted by molar-refractivity contribution is 6.11. The maximum absolute atomic E-state index is 13.3. The van der Waals surface area contributed by atoms with Crippen LogP contribution in [0, 0.1) is 27.7 Å². The lowest BCUT2D eigenvalue weighted by molar-refractivity contribution is -0.138. The molecule has 76 heavy (non-hydrogen) atoms. The van der Waals surface area contributed by atoms with Gasteiger partial charge in [0.05, 0.1) is 38.7 Å². The van der Waals surface area contributed by atoms with E-state index in [2.05, 4.69) is 0 Å². The highest BCUT2D eigenvalue weighted by atomic mass is 19.4. The molecule has 0 aliphatic carbocycles. The van der Waals surface area contributed by atoms with E-state index in [1.54, 1.807) is 44.6 Å². The predicted molar refractivity (Wildman–Crippen MR) is 281 cm³/mol. The number of nitrogens with zero attached hydrogens (tertiary/aromatic N) is 4. The number of fused-ring (bicyclic) bond motifs is 12. The van der Waals surface area contributed by atoms with E-state index in [1.165, 1.54) is 47.4 Å². The van der Waals surface area contributed by atoms with Gasteiger partial charge in [-0.2, -0.15) is 52.7 Å². The Hall–Kier alpha value is -7.88. The van der Waals surface area contributed by atoms with Crippen molar-refractivity contribution >= 4 is 87.2 Å². The van der Waals surface area contributed by atoms with Crippen LogP contribution in [-0.4, -0.2) is 18.3 Å². The van der Waals surface area contributed by atoms with Crippen molar-refractivity contribution in [3.63, 3.8) is 0 Å². The lowest BCUT2D eigenvalue weighted by Gasteiger charge is -2.06. The summed E-state index contributed by atoms with van der Waals surface area (Å²) in [5, 5.41) is 2.50. The topological polar surface area (TPSA) is 19.7 Å². The van der Waals surface area contributed by atoms with Crippen molar-refractivity contribution in [3.8, 4) is 0 Å². The smallest absolute Gasteiger partial charge is 0.344 e. The molecule has 12 aromatic rings. The number of hydrogen-bond acceptors (Lipinski definition) is 0. The minimum atomic E-state index is -4.99. The van der Waals surface area contributed by atoms with Gasteiger partial charge in [0.25, 0.3) is 0 Å². The Bertz CT molecular complexity index is 4930. The Balaban J connectivity index is 0.000000140. The molecule has 0 fully saturated rings. The summed E-state index contributed by atoms with van der Waals surface area (Å²) in [6.45, 7) is 6.65. The van der Waals surface area contributed by atoms with Crippen LogP contribution in [0.5, 0.6) is 0 Å². The van der Waals surface area contributed by atoms with Gasteiger partial charge in [-0.3, -0.25) is 0 Å². The summed E-state index contributed by atoms with van der Waals surface area (Å²) in [4.78, 5) is 0. The Morgan fingerprint density at radius 1 is 0.276 bits per heavy atom. The third-order valence-corrected chi connectivity index (χ3v) is 12.8. The second-order valence-electron chi connectivity index (χ2n) is 18.1. The fourth-order valence-electron chi connectivity index (χ4n) is 9.04. The molecule has 12 rings (SSSR count). The molecular weight excluding hydrogens is 1000 g/mol. The fourth-order valence-corrected chi connectivity index (χ4v) is 9.04. The zero-order valence-corrected chi connectivity index (χ0v) is 41.3. The molecule has 0 aliphatic heterocycles. The molecule has 0 radical (unpaired) electrons. The van der Waals surface area contributed by atoms with Gasteiger partial charge in [-0.25, -0.2) is 0 Å². The van der Waals surface area contributed by atoms with Crippen LogP contribution in [-0.2, 0) is 52.9 Å². The van der Waals surface area contributed by atoms with Crippen LogP contribution >= 0.6 is 0 Å². The Morgan fingerprint density at radius 2 is 0.605 bits per heavy atom. The zero-order valence-electron chi connectivity index (χ0n) is 53.3. The van der Waals surface area contributed by atoms with Crippen molar-refractivity contribution in [2.45, 2.75) is 52.4 Å². The number of benzene rings is 8. The molecule has 0 N–H and O–H groups in total. The molecule has 0 atom stereocenters. The highest BCUT2D eigenvalue weighted by Crippen LogP contribution is 2.40. The van der Waals surface area contributed by atoms with Gasteiger partial charge in [-0.05, 0) is 149 Å². The Labute approximate surface area is 444 Å². The number of aryl methyl sites for hydroxylation is 6. The lowest BCUT2D eigenvalue weighted by Crippen LogP contribution is -2.04. The van der Waals surface area contributed by atoms with E-state index < -0.39 is 83.2 Å². The third kappa shape index (κ3) is 9.92. The first-order chi connectivity index (χ1) is 40.5. The van der Waals surface area contributed by atoms with Crippen molar-refractivity contribution in [1.82, 2.24) is 18.3 Å². The van der Waals surface area contributed by atoms with Gasteiger partial charge in [-0.15, -0.1) is 0 Å². The zero-order chi connectivity index (χ0) is 65.6. The van der Waals surface area contributed by atoms with E-state index in [1.807, 2.05) is 36.7 Å². The van der Waals surface area contributed by atoms with E-state index in [0.717, 1.165) is 40.2 Å². The molecule has 0 aliphatic rings. The summed E-state index contributed by atoms with van der Waals surface area (Å²) in [5.74, 6) is 0. The molecule has 8 aromatic carbocycles. The Morgan fingerprint density at radius 3 is 1.13 bits per heavy atom. The molecule has 0 amide bonds. The molecule has 392 valence electrons. The summed E-state index contributed by atoms with van der Waals surface area (Å²) < 4.78 is 258. The van der Waals surface area contributed by atoms with Crippen molar-refractivity contribution in [1.29, 1.82) is 0 Å². The summed E-state index contributed by atoms with van der Waals surface area (Å²) >= 11 is 0. The van der Waals surface area contributed by atoms with Gasteiger partial charge in [0.15, 0.2) is 0 Å². The van der Waals surface area contributed by atoms with Gasteiger partial charge in [0.1, 0.15) is 0 Å². The Kier molecular flexibility index (Phi) is 9.90. The summed E-state index contributed by atoms with van der Waals surface area (Å²) in [5.41, 5.74) is 1.42.